The van der Waals surface area contributed by atoms with Crippen molar-refractivity contribution in [2.24, 2.45) is 11.8 Å². The summed E-state index contributed by atoms with van der Waals surface area (Å²) in [6, 6.07) is 8.41. The van der Waals surface area contributed by atoms with E-state index in [2.05, 4.69) is 47.8 Å². The van der Waals surface area contributed by atoms with Crippen molar-refractivity contribution in [3.63, 3.8) is 0 Å². The molecule has 0 spiro atoms. The fraction of sp³-hybridized carbons (Fsp3) is 0.591. The van der Waals surface area contributed by atoms with Crippen LogP contribution >= 0.6 is 0 Å². The predicted molar refractivity (Wildman–Crippen MR) is 107 cm³/mol. The summed E-state index contributed by atoms with van der Waals surface area (Å²) in [6.45, 7) is 5.51. The maximum Gasteiger partial charge on any atom is 0.246 e. The zero-order valence-corrected chi connectivity index (χ0v) is 16.6. The first kappa shape index (κ1) is 19.9. The molecule has 1 N–H and O–H groups in total. The Morgan fingerprint density at radius 2 is 1.93 bits per heavy atom. The largest absolute Gasteiger partial charge is 0.493 e. The van der Waals surface area contributed by atoms with Crippen LogP contribution in [-0.2, 0) is 9.63 Å². The van der Waals surface area contributed by atoms with Crippen molar-refractivity contribution in [2.45, 2.75) is 39.0 Å². The van der Waals surface area contributed by atoms with Crippen molar-refractivity contribution in [2.75, 3.05) is 33.4 Å². The van der Waals surface area contributed by atoms with E-state index in [0.717, 1.165) is 31.6 Å². The highest BCUT2D eigenvalue weighted by Crippen LogP contribution is 2.31. The van der Waals surface area contributed by atoms with Crippen LogP contribution in [0.5, 0.6) is 5.75 Å². The highest BCUT2D eigenvalue weighted by molar-refractivity contribution is 5.79. The third-order valence-corrected chi connectivity index (χ3v) is 5.65. The van der Waals surface area contributed by atoms with Crippen LogP contribution in [0.2, 0.25) is 0 Å². The average molecular weight is 373 g/mol. The van der Waals surface area contributed by atoms with Crippen LogP contribution < -0.4 is 10.2 Å². The number of nitrogens with one attached hydrogen (secondary N) is 1. The lowest BCUT2D eigenvalue weighted by atomic mass is 9.86. The van der Waals surface area contributed by atoms with Gasteiger partial charge < -0.3 is 9.64 Å². The Balaban J connectivity index is 1.47. The second-order valence-corrected chi connectivity index (χ2v) is 7.68. The van der Waals surface area contributed by atoms with E-state index in [1.807, 2.05) is 6.92 Å². The molecule has 1 atom stereocenters. The highest BCUT2D eigenvalue weighted by atomic mass is 16.6. The minimum absolute atomic E-state index is 0.00944. The van der Waals surface area contributed by atoms with Gasteiger partial charge in [-0.2, -0.15) is 0 Å². The molecule has 148 valence electrons. The zero-order valence-electron chi connectivity index (χ0n) is 16.6. The summed E-state index contributed by atoms with van der Waals surface area (Å²) in [4.78, 5) is 19.4. The van der Waals surface area contributed by atoms with Gasteiger partial charge in [0.25, 0.3) is 0 Å². The lowest BCUT2D eigenvalue weighted by molar-refractivity contribution is -0.137. The Kier molecular flexibility index (Phi) is 7.30. The molecule has 1 saturated heterocycles. The number of nitrogens with zero attached hydrogens (tertiary/aromatic N) is 1. The van der Waals surface area contributed by atoms with Crippen LogP contribution in [0.25, 0.3) is 5.57 Å². The molecule has 1 aliphatic heterocycles. The Bertz CT molecular complexity index is 633. The van der Waals surface area contributed by atoms with Gasteiger partial charge in [-0.25, -0.2) is 5.48 Å². The van der Waals surface area contributed by atoms with E-state index in [4.69, 9.17) is 9.57 Å². The van der Waals surface area contributed by atoms with E-state index in [0.29, 0.717) is 12.5 Å². The minimum atomic E-state index is -0.00944. The van der Waals surface area contributed by atoms with Gasteiger partial charge in [0.05, 0.1) is 13.2 Å². The van der Waals surface area contributed by atoms with Crippen LogP contribution in [0, 0.1) is 11.8 Å². The maximum absolute atomic E-state index is 12.0. The molecular formula is C22H32N2O3. The quantitative estimate of drug-likeness (QED) is 0.742. The molecule has 0 bridgehead atoms. The third-order valence-electron chi connectivity index (χ3n) is 5.65. The van der Waals surface area contributed by atoms with Gasteiger partial charge in [0.2, 0.25) is 5.91 Å². The second kappa shape index (κ2) is 9.90. The van der Waals surface area contributed by atoms with Gasteiger partial charge in [0, 0.05) is 5.92 Å². The third kappa shape index (κ3) is 5.81. The van der Waals surface area contributed by atoms with E-state index in [1.54, 1.807) is 0 Å². The van der Waals surface area contributed by atoms with E-state index in [-0.39, 0.29) is 11.8 Å². The van der Waals surface area contributed by atoms with E-state index < -0.39 is 0 Å². The summed E-state index contributed by atoms with van der Waals surface area (Å²) in [5.41, 5.74) is 5.06. The standard InChI is InChI=1S/C22H32N2O3/c1-3-27-23-22(25)20-6-4-18(5-7-20)19-8-10-21(11-9-19)26-16-17-12-14-24(2)15-13-17/h4,8-11,17,20H,3,5-7,12-16H2,1-2H3,(H,23,25). The van der Waals surface area contributed by atoms with E-state index in [1.165, 1.54) is 37.1 Å². The van der Waals surface area contributed by atoms with Crippen molar-refractivity contribution in [1.82, 2.24) is 10.4 Å². The van der Waals surface area contributed by atoms with Gasteiger partial charge in [-0.05, 0) is 88.4 Å². The first-order valence-electron chi connectivity index (χ1n) is 10.2. The number of hydrogen-bond donors (Lipinski definition) is 1. The van der Waals surface area contributed by atoms with Crippen molar-refractivity contribution in [1.29, 1.82) is 0 Å². The molecule has 5 heteroatoms. The molecule has 1 aliphatic carbocycles. The fourth-order valence-corrected chi connectivity index (χ4v) is 3.77. The predicted octanol–water partition coefficient (Wildman–Crippen LogP) is 3.66. The molecule has 1 unspecified atom stereocenters. The SMILES string of the molecule is CCONC(=O)C1CC=C(c2ccc(OCC3CCN(C)CC3)cc2)CC1. The molecule has 1 aromatic carbocycles. The van der Waals surface area contributed by atoms with Gasteiger partial charge in [0.1, 0.15) is 5.75 Å². The number of piperidine rings is 1. The second-order valence-electron chi connectivity index (χ2n) is 7.68. The molecule has 0 aromatic heterocycles. The summed E-state index contributed by atoms with van der Waals surface area (Å²) in [5, 5.41) is 0. The number of carbonyl (C=O) groups is 1. The van der Waals surface area contributed by atoms with Gasteiger partial charge in [-0.3, -0.25) is 9.63 Å². The van der Waals surface area contributed by atoms with Crippen LogP contribution in [-0.4, -0.2) is 44.2 Å². The van der Waals surface area contributed by atoms with Gasteiger partial charge in [-0.15, -0.1) is 0 Å². The fourth-order valence-electron chi connectivity index (χ4n) is 3.77. The highest BCUT2D eigenvalue weighted by Gasteiger charge is 2.22. The summed E-state index contributed by atoms with van der Waals surface area (Å²) >= 11 is 0. The molecule has 1 aromatic rings. The van der Waals surface area contributed by atoms with Crippen LogP contribution in [0.4, 0.5) is 0 Å². The van der Waals surface area contributed by atoms with Crippen molar-refractivity contribution in [3.8, 4) is 5.75 Å². The van der Waals surface area contributed by atoms with Crippen molar-refractivity contribution in [3.05, 3.63) is 35.9 Å². The number of amides is 1. The average Bonchev–Trinajstić information content (AvgIpc) is 2.72. The van der Waals surface area contributed by atoms with E-state index >= 15 is 0 Å². The van der Waals surface area contributed by atoms with E-state index in [9.17, 15) is 4.79 Å². The number of hydroxylamine groups is 1. The normalized spacial score (nSPS) is 21.6. The molecule has 1 heterocycles. The monoisotopic (exact) mass is 372 g/mol. The first-order valence-corrected chi connectivity index (χ1v) is 10.2. The number of ether oxygens (including phenoxy) is 1. The topological polar surface area (TPSA) is 50.8 Å². The van der Waals surface area contributed by atoms with Gasteiger partial charge in [0.15, 0.2) is 0 Å². The number of benzene rings is 1. The Morgan fingerprint density at radius 3 is 2.56 bits per heavy atom. The van der Waals surface area contributed by atoms with Gasteiger partial charge >= 0.3 is 0 Å². The molecule has 1 fully saturated rings. The number of likely N-dealkylation sites (tertiary alicyclic amines) is 1. The Labute approximate surface area is 162 Å². The zero-order chi connectivity index (χ0) is 19.1. The summed E-state index contributed by atoms with van der Waals surface area (Å²) in [6.07, 6.45) is 7.18. The number of hydrogen-bond acceptors (Lipinski definition) is 4. The van der Waals surface area contributed by atoms with Crippen molar-refractivity contribution >= 4 is 11.5 Å². The van der Waals surface area contributed by atoms with Crippen LogP contribution in [0.15, 0.2) is 30.3 Å². The van der Waals surface area contributed by atoms with Crippen LogP contribution in [0.1, 0.15) is 44.6 Å². The summed E-state index contributed by atoms with van der Waals surface area (Å²) < 4.78 is 6.00. The molecule has 0 saturated carbocycles. The molecule has 3 rings (SSSR count). The number of rotatable bonds is 7. The lowest BCUT2D eigenvalue weighted by Crippen LogP contribution is -2.32. The lowest BCUT2D eigenvalue weighted by Gasteiger charge is -2.28. The minimum Gasteiger partial charge on any atom is -0.493 e. The molecule has 5 nitrogen and oxygen atoms in total. The van der Waals surface area contributed by atoms with Crippen LogP contribution in [0.3, 0.4) is 0 Å². The Morgan fingerprint density at radius 1 is 1.19 bits per heavy atom. The van der Waals surface area contributed by atoms with Crippen molar-refractivity contribution < 1.29 is 14.4 Å². The molecule has 27 heavy (non-hydrogen) atoms. The molecule has 1 amide bonds. The van der Waals surface area contributed by atoms with Gasteiger partial charge in [-0.1, -0.05) is 18.2 Å². The molecule has 0 radical (unpaired) electrons. The molecular weight excluding hydrogens is 340 g/mol. The number of allylic oxidation sites excluding steroid dienone is 2. The first-order chi connectivity index (χ1) is 13.2. The Hall–Kier alpha value is -1.85. The summed E-state index contributed by atoms with van der Waals surface area (Å²) in [5.74, 6) is 1.62. The summed E-state index contributed by atoms with van der Waals surface area (Å²) in [7, 11) is 2.18. The molecule has 2 aliphatic rings. The maximum atomic E-state index is 12.0. The smallest absolute Gasteiger partial charge is 0.246 e. The number of carbonyl (C=O) groups excluding carboxylic acids is 1.